The van der Waals surface area contributed by atoms with Gasteiger partial charge in [0.15, 0.2) is 11.6 Å². The molecular weight excluding hydrogens is 234 g/mol. The molecule has 1 unspecified atom stereocenters. The third-order valence-corrected chi connectivity index (χ3v) is 4.27. The highest BCUT2D eigenvalue weighted by molar-refractivity contribution is 7.13. The first-order chi connectivity index (χ1) is 8.43. The number of nitrogens with one attached hydrogen (secondary N) is 1. The zero-order valence-electron chi connectivity index (χ0n) is 9.33. The Morgan fingerprint density at radius 3 is 3.06 bits per heavy atom. The normalized spacial score (nSPS) is 23.6. The Balaban J connectivity index is 1.79. The summed E-state index contributed by atoms with van der Waals surface area (Å²) in [5.41, 5.74) is 1.84. The summed E-state index contributed by atoms with van der Waals surface area (Å²) in [6.07, 6.45) is 4.51. The Labute approximate surface area is 103 Å². The van der Waals surface area contributed by atoms with Crippen molar-refractivity contribution in [3.05, 3.63) is 17.5 Å². The van der Waals surface area contributed by atoms with Crippen molar-refractivity contribution in [1.29, 1.82) is 0 Å². The first-order valence-corrected chi connectivity index (χ1v) is 6.87. The maximum absolute atomic E-state index is 4.38. The van der Waals surface area contributed by atoms with Crippen LogP contribution < -0.4 is 5.32 Å². The number of nitrogens with zero attached hydrogens (tertiary/aromatic N) is 4. The van der Waals surface area contributed by atoms with E-state index in [0.717, 1.165) is 35.5 Å². The van der Waals surface area contributed by atoms with E-state index in [1.165, 1.54) is 12.8 Å². The second-order valence-electron chi connectivity index (χ2n) is 4.67. The molecule has 1 atom stereocenters. The predicted octanol–water partition coefficient (Wildman–Crippen LogP) is 1.46. The summed E-state index contributed by atoms with van der Waals surface area (Å²) < 4.78 is 2.26. The zero-order valence-corrected chi connectivity index (χ0v) is 10.2. The summed E-state index contributed by atoms with van der Waals surface area (Å²) >= 11 is 1.62. The zero-order chi connectivity index (χ0) is 11.2. The van der Waals surface area contributed by atoms with Gasteiger partial charge in [0.1, 0.15) is 0 Å². The van der Waals surface area contributed by atoms with Crippen LogP contribution in [0.5, 0.6) is 0 Å². The van der Waals surface area contributed by atoms with E-state index in [0.29, 0.717) is 6.04 Å². The molecule has 5 nitrogen and oxygen atoms in total. The van der Waals surface area contributed by atoms with Gasteiger partial charge in [-0.3, -0.25) is 4.98 Å². The highest BCUT2D eigenvalue weighted by Gasteiger charge is 2.37. The van der Waals surface area contributed by atoms with Gasteiger partial charge < -0.3 is 9.88 Å². The van der Waals surface area contributed by atoms with Gasteiger partial charge in [-0.15, -0.1) is 21.5 Å². The van der Waals surface area contributed by atoms with Crippen molar-refractivity contribution in [2.45, 2.75) is 25.4 Å². The minimum atomic E-state index is 0.415. The van der Waals surface area contributed by atoms with Crippen LogP contribution >= 0.6 is 11.3 Å². The van der Waals surface area contributed by atoms with E-state index in [-0.39, 0.29) is 0 Å². The van der Waals surface area contributed by atoms with Crippen LogP contribution in [0.4, 0.5) is 0 Å². The van der Waals surface area contributed by atoms with Crippen LogP contribution in [-0.4, -0.2) is 26.3 Å². The van der Waals surface area contributed by atoms with E-state index in [2.05, 4.69) is 25.1 Å². The molecule has 1 aliphatic heterocycles. The van der Waals surface area contributed by atoms with Crippen LogP contribution in [-0.2, 0) is 6.54 Å². The maximum Gasteiger partial charge on any atom is 0.175 e. The Morgan fingerprint density at radius 2 is 2.29 bits per heavy atom. The molecule has 0 spiro atoms. The van der Waals surface area contributed by atoms with Gasteiger partial charge in [0.2, 0.25) is 0 Å². The van der Waals surface area contributed by atoms with Crippen molar-refractivity contribution in [2.24, 2.45) is 5.92 Å². The molecule has 0 aromatic carbocycles. The lowest BCUT2D eigenvalue weighted by Gasteiger charge is -2.24. The number of rotatable bonds is 2. The van der Waals surface area contributed by atoms with Gasteiger partial charge in [0, 0.05) is 19.3 Å². The van der Waals surface area contributed by atoms with Gasteiger partial charge in [-0.1, -0.05) is 0 Å². The average Bonchev–Trinajstić information content (AvgIpc) is 2.90. The Hall–Kier alpha value is -1.27. The number of hydrogen-bond donors (Lipinski definition) is 1. The van der Waals surface area contributed by atoms with Gasteiger partial charge in [-0.05, 0) is 18.8 Å². The molecule has 2 aliphatic rings. The maximum atomic E-state index is 4.38. The van der Waals surface area contributed by atoms with E-state index in [4.69, 9.17) is 0 Å². The van der Waals surface area contributed by atoms with E-state index in [9.17, 15) is 0 Å². The van der Waals surface area contributed by atoms with Crippen molar-refractivity contribution in [2.75, 3.05) is 6.54 Å². The molecule has 1 aliphatic carbocycles. The highest BCUT2D eigenvalue weighted by Crippen LogP contribution is 2.42. The number of hydrogen-bond acceptors (Lipinski definition) is 5. The van der Waals surface area contributed by atoms with Crippen LogP contribution in [0.25, 0.3) is 10.7 Å². The Morgan fingerprint density at radius 1 is 1.35 bits per heavy atom. The summed E-state index contributed by atoms with van der Waals surface area (Å²) in [6, 6.07) is 0.415. The van der Waals surface area contributed by atoms with E-state index in [1.807, 2.05) is 11.7 Å². The van der Waals surface area contributed by atoms with Gasteiger partial charge in [0.25, 0.3) is 0 Å². The first-order valence-electron chi connectivity index (χ1n) is 5.99. The summed E-state index contributed by atoms with van der Waals surface area (Å²) in [5.74, 6) is 2.87. The number of fused-ring (bicyclic) bond motifs is 1. The number of thiazole rings is 1. The monoisotopic (exact) mass is 247 g/mol. The molecule has 3 heterocycles. The molecule has 4 rings (SSSR count). The van der Waals surface area contributed by atoms with Crippen LogP contribution in [0.15, 0.2) is 11.7 Å². The average molecular weight is 247 g/mol. The van der Waals surface area contributed by atoms with Crippen LogP contribution in [0.1, 0.15) is 24.7 Å². The molecule has 88 valence electrons. The fourth-order valence-electron chi connectivity index (χ4n) is 2.50. The second kappa shape index (κ2) is 3.61. The fraction of sp³-hybridized carbons (Fsp3) is 0.545. The summed E-state index contributed by atoms with van der Waals surface area (Å²) in [7, 11) is 0. The molecule has 17 heavy (non-hydrogen) atoms. The third-order valence-electron chi connectivity index (χ3n) is 3.50. The SMILES string of the molecule is c1ncc(-c2nnc3n2CCNC3C2CC2)s1. The fourth-order valence-corrected chi connectivity index (χ4v) is 3.12. The molecule has 0 amide bonds. The molecule has 0 saturated heterocycles. The molecule has 0 radical (unpaired) electrons. The topological polar surface area (TPSA) is 55.6 Å². The third kappa shape index (κ3) is 1.51. The van der Waals surface area contributed by atoms with E-state index < -0.39 is 0 Å². The smallest absolute Gasteiger partial charge is 0.175 e. The molecule has 1 saturated carbocycles. The summed E-state index contributed by atoms with van der Waals surface area (Å²) in [5, 5.41) is 12.3. The standard InChI is InChI=1S/C11H13N5S/c1-2-7(1)9-11-15-14-10(8-5-12-6-17-8)16(11)4-3-13-9/h5-7,9,13H,1-4H2. The molecular formula is C11H13N5S. The quantitative estimate of drug-likeness (QED) is 0.873. The molecule has 2 aromatic heterocycles. The minimum Gasteiger partial charge on any atom is -0.308 e. The van der Waals surface area contributed by atoms with Crippen LogP contribution in [0, 0.1) is 5.92 Å². The van der Waals surface area contributed by atoms with Crippen molar-refractivity contribution in [3.63, 3.8) is 0 Å². The van der Waals surface area contributed by atoms with E-state index in [1.54, 1.807) is 11.3 Å². The van der Waals surface area contributed by atoms with Crippen molar-refractivity contribution >= 4 is 11.3 Å². The lowest BCUT2D eigenvalue weighted by molar-refractivity contribution is 0.383. The van der Waals surface area contributed by atoms with Gasteiger partial charge >= 0.3 is 0 Å². The van der Waals surface area contributed by atoms with Crippen LogP contribution in [0.3, 0.4) is 0 Å². The molecule has 2 aromatic rings. The van der Waals surface area contributed by atoms with Crippen molar-refractivity contribution in [1.82, 2.24) is 25.1 Å². The second-order valence-corrected chi connectivity index (χ2v) is 5.55. The lowest BCUT2D eigenvalue weighted by atomic mass is 10.1. The molecule has 0 bridgehead atoms. The first kappa shape index (κ1) is 9.73. The van der Waals surface area contributed by atoms with Gasteiger partial charge in [-0.25, -0.2) is 0 Å². The van der Waals surface area contributed by atoms with Crippen molar-refractivity contribution < 1.29 is 0 Å². The molecule has 1 N–H and O–H groups in total. The summed E-state index contributed by atoms with van der Waals surface area (Å²) in [6.45, 7) is 1.97. The largest absolute Gasteiger partial charge is 0.308 e. The summed E-state index contributed by atoms with van der Waals surface area (Å²) in [4.78, 5) is 5.23. The van der Waals surface area contributed by atoms with Crippen LogP contribution in [0.2, 0.25) is 0 Å². The molecule has 6 heteroatoms. The highest BCUT2D eigenvalue weighted by atomic mass is 32.1. The van der Waals surface area contributed by atoms with Gasteiger partial charge in [0.05, 0.1) is 16.4 Å². The van der Waals surface area contributed by atoms with E-state index >= 15 is 0 Å². The Bertz CT molecular complexity index is 528. The van der Waals surface area contributed by atoms with Gasteiger partial charge in [-0.2, -0.15) is 0 Å². The van der Waals surface area contributed by atoms with Crippen molar-refractivity contribution in [3.8, 4) is 10.7 Å². The lowest BCUT2D eigenvalue weighted by Crippen LogP contribution is -2.35. The predicted molar refractivity (Wildman–Crippen MR) is 64.6 cm³/mol. The Kier molecular flexibility index (Phi) is 2.07. The minimum absolute atomic E-state index is 0.415. The molecule has 1 fully saturated rings. The number of aromatic nitrogens is 4.